The molecule has 34 heavy (non-hydrogen) atoms. The minimum Gasteiger partial charge on any atom is -0.493 e. The van der Waals surface area contributed by atoms with Crippen molar-refractivity contribution in [2.24, 2.45) is 0 Å². The van der Waals surface area contributed by atoms with E-state index in [-0.39, 0.29) is 11.7 Å². The standard InChI is InChI=1S/C29H39NO4/c1-6-9-20-33-27-19-16-23(11-8-3)28(34-21-10-7-2)25(27)17-18-26(31)22-12-14-24(15-13-22)29(32)30(4)5/h12-19H,6-11,20-21H2,1-5H3. The van der Waals surface area contributed by atoms with Crippen LogP contribution in [-0.4, -0.2) is 43.9 Å². The van der Waals surface area contributed by atoms with Crippen molar-refractivity contribution in [1.82, 2.24) is 4.90 Å². The summed E-state index contributed by atoms with van der Waals surface area (Å²) in [4.78, 5) is 26.5. The van der Waals surface area contributed by atoms with Gasteiger partial charge in [0, 0.05) is 25.2 Å². The van der Waals surface area contributed by atoms with Gasteiger partial charge in [-0.1, -0.05) is 58.2 Å². The highest BCUT2D eigenvalue weighted by Crippen LogP contribution is 2.35. The Bertz CT molecular complexity index is 961. The predicted molar refractivity (Wildman–Crippen MR) is 139 cm³/mol. The van der Waals surface area contributed by atoms with E-state index in [0.29, 0.717) is 24.3 Å². The van der Waals surface area contributed by atoms with Crippen LogP contribution in [0.1, 0.15) is 84.7 Å². The van der Waals surface area contributed by atoms with Crippen molar-refractivity contribution < 1.29 is 19.1 Å². The number of allylic oxidation sites excluding steroid dienone is 1. The number of hydrogen-bond acceptors (Lipinski definition) is 4. The number of unbranched alkanes of at least 4 members (excludes halogenated alkanes) is 2. The molecule has 0 saturated carbocycles. The SMILES string of the molecule is CCCCOc1ccc(CCC)c(OCCCC)c1C=CC(=O)c1ccc(C(=O)N(C)C)cc1. The summed E-state index contributed by atoms with van der Waals surface area (Å²) in [6.07, 6.45) is 9.29. The van der Waals surface area contributed by atoms with E-state index in [4.69, 9.17) is 9.47 Å². The van der Waals surface area contributed by atoms with Gasteiger partial charge in [-0.3, -0.25) is 9.59 Å². The van der Waals surface area contributed by atoms with Crippen LogP contribution in [0.2, 0.25) is 0 Å². The van der Waals surface area contributed by atoms with Crippen LogP contribution in [0.3, 0.4) is 0 Å². The molecule has 0 bridgehead atoms. The van der Waals surface area contributed by atoms with E-state index in [2.05, 4.69) is 26.8 Å². The molecule has 0 heterocycles. The first-order valence-corrected chi connectivity index (χ1v) is 12.4. The van der Waals surface area contributed by atoms with E-state index in [0.717, 1.165) is 61.2 Å². The van der Waals surface area contributed by atoms with Gasteiger partial charge in [-0.2, -0.15) is 0 Å². The number of benzene rings is 2. The van der Waals surface area contributed by atoms with Crippen LogP contribution in [0, 0.1) is 0 Å². The average Bonchev–Trinajstić information content (AvgIpc) is 2.84. The van der Waals surface area contributed by atoms with Crippen LogP contribution in [0.15, 0.2) is 42.5 Å². The molecule has 2 rings (SSSR count). The molecule has 5 heteroatoms. The molecule has 2 aromatic carbocycles. The first kappa shape index (κ1) is 27.2. The number of ether oxygens (including phenoxy) is 2. The van der Waals surface area contributed by atoms with E-state index in [1.807, 2.05) is 12.1 Å². The third-order valence-electron chi connectivity index (χ3n) is 5.48. The molecule has 0 atom stereocenters. The van der Waals surface area contributed by atoms with Gasteiger partial charge in [-0.05, 0) is 55.2 Å². The van der Waals surface area contributed by atoms with Gasteiger partial charge in [0.25, 0.3) is 5.91 Å². The molecule has 0 aliphatic rings. The van der Waals surface area contributed by atoms with E-state index < -0.39 is 0 Å². The molecule has 0 fully saturated rings. The van der Waals surface area contributed by atoms with Crippen molar-refractivity contribution in [3.05, 3.63) is 64.7 Å². The van der Waals surface area contributed by atoms with Crippen molar-refractivity contribution in [2.75, 3.05) is 27.3 Å². The molecule has 0 aliphatic carbocycles. The van der Waals surface area contributed by atoms with Gasteiger partial charge in [-0.15, -0.1) is 0 Å². The van der Waals surface area contributed by atoms with Crippen molar-refractivity contribution in [1.29, 1.82) is 0 Å². The van der Waals surface area contributed by atoms with Gasteiger partial charge in [0.05, 0.1) is 18.8 Å². The van der Waals surface area contributed by atoms with Crippen LogP contribution in [0.4, 0.5) is 0 Å². The van der Waals surface area contributed by atoms with Crippen molar-refractivity contribution in [2.45, 2.75) is 59.3 Å². The Morgan fingerprint density at radius 1 is 0.824 bits per heavy atom. The number of ketones is 1. The Balaban J connectivity index is 2.37. The zero-order valence-electron chi connectivity index (χ0n) is 21.4. The molecule has 5 nitrogen and oxygen atoms in total. The zero-order valence-corrected chi connectivity index (χ0v) is 21.4. The molecular formula is C29H39NO4. The maximum atomic E-state index is 12.9. The van der Waals surface area contributed by atoms with Gasteiger partial charge < -0.3 is 14.4 Å². The lowest BCUT2D eigenvalue weighted by Crippen LogP contribution is -2.21. The normalized spacial score (nSPS) is 11.0. The maximum absolute atomic E-state index is 12.9. The smallest absolute Gasteiger partial charge is 0.253 e. The maximum Gasteiger partial charge on any atom is 0.253 e. The number of aryl methyl sites for hydroxylation is 1. The van der Waals surface area contributed by atoms with Gasteiger partial charge >= 0.3 is 0 Å². The highest BCUT2D eigenvalue weighted by atomic mass is 16.5. The zero-order chi connectivity index (χ0) is 24.9. The molecule has 0 N–H and O–H groups in total. The van der Waals surface area contributed by atoms with Crippen molar-refractivity contribution in [3.8, 4) is 11.5 Å². The summed E-state index contributed by atoms with van der Waals surface area (Å²) in [6.45, 7) is 7.66. The van der Waals surface area contributed by atoms with E-state index in [1.54, 1.807) is 44.4 Å². The van der Waals surface area contributed by atoms with E-state index in [1.165, 1.54) is 4.90 Å². The quantitative estimate of drug-likeness (QED) is 0.179. The number of amides is 1. The predicted octanol–water partition coefficient (Wildman–Crippen LogP) is 6.59. The lowest BCUT2D eigenvalue weighted by atomic mass is 10.0. The second-order valence-electron chi connectivity index (χ2n) is 8.59. The fraction of sp³-hybridized carbons (Fsp3) is 0.448. The Labute approximate surface area is 204 Å². The molecule has 184 valence electrons. The molecule has 0 saturated heterocycles. The number of hydrogen-bond donors (Lipinski definition) is 0. The highest BCUT2D eigenvalue weighted by Gasteiger charge is 2.15. The Morgan fingerprint density at radius 3 is 2.03 bits per heavy atom. The van der Waals surface area contributed by atoms with Gasteiger partial charge in [-0.25, -0.2) is 0 Å². The Hall–Kier alpha value is -3.08. The minimum absolute atomic E-state index is 0.0926. The largest absolute Gasteiger partial charge is 0.493 e. The summed E-state index contributed by atoms with van der Waals surface area (Å²) < 4.78 is 12.3. The van der Waals surface area contributed by atoms with E-state index >= 15 is 0 Å². The molecule has 1 amide bonds. The van der Waals surface area contributed by atoms with Gasteiger partial charge in [0.2, 0.25) is 0 Å². The summed E-state index contributed by atoms with van der Waals surface area (Å²) >= 11 is 0. The molecule has 2 aromatic rings. The van der Waals surface area contributed by atoms with Crippen molar-refractivity contribution in [3.63, 3.8) is 0 Å². The first-order valence-electron chi connectivity index (χ1n) is 12.4. The molecule has 0 radical (unpaired) electrons. The van der Waals surface area contributed by atoms with Crippen LogP contribution >= 0.6 is 0 Å². The summed E-state index contributed by atoms with van der Waals surface area (Å²) in [5.41, 5.74) is 3.01. The Kier molecular flexibility index (Phi) is 11.4. The lowest BCUT2D eigenvalue weighted by Gasteiger charge is -2.18. The summed E-state index contributed by atoms with van der Waals surface area (Å²) in [7, 11) is 3.41. The molecule has 0 aliphatic heterocycles. The van der Waals surface area contributed by atoms with Gasteiger partial charge in [0.1, 0.15) is 11.5 Å². The molecular weight excluding hydrogens is 426 g/mol. The molecule has 0 aromatic heterocycles. The highest BCUT2D eigenvalue weighted by molar-refractivity contribution is 6.07. The molecule has 0 unspecified atom stereocenters. The van der Waals surface area contributed by atoms with Crippen LogP contribution < -0.4 is 9.47 Å². The van der Waals surface area contributed by atoms with Crippen LogP contribution in [0.5, 0.6) is 11.5 Å². The summed E-state index contributed by atoms with van der Waals surface area (Å²) in [5.74, 6) is 1.31. The third kappa shape index (κ3) is 7.75. The number of carbonyl (C=O) groups excluding carboxylic acids is 2. The lowest BCUT2D eigenvalue weighted by molar-refractivity contribution is 0.0827. The fourth-order valence-electron chi connectivity index (χ4n) is 3.48. The summed E-state index contributed by atoms with van der Waals surface area (Å²) in [6, 6.07) is 10.8. The van der Waals surface area contributed by atoms with E-state index in [9.17, 15) is 9.59 Å². The van der Waals surface area contributed by atoms with Crippen LogP contribution in [0.25, 0.3) is 6.08 Å². The number of carbonyl (C=O) groups is 2. The first-order chi connectivity index (χ1) is 16.4. The second kappa shape index (κ2) is 14.2. The molecule has 0 spiro atoms. The topological polar surface area (TPSA) is 55.8 Å². The summed E-state index contributed by atoms with van der Waals surface area (Å²) in [5, 5.41) is 0. The second-order valence-corrected chi connectivity index (χ2v) is 8.59. The monoisotopic (exact) mass is 465 g/mol. The minimum atomic E-state index is -0.135. The van der Waals surface area contributed by atoms with Crippen molar-refractivity contribution >= 4 is 17.8 Å². The van der Waals surface area contributed by atoms with Gasteiger partial charge in [0.15, 0.2) is 5.78 Å². The number of rotatable bonds is 14. The van der Waals surface area contributed by atoms with Crippen LogP contribution in [-0.2, 0) is 6.42 Å². The third-order valence-corrected chi connectivity index (χ3v) is 5.48. The average molecular weight is 466 g/mol. The fourth-order valence-corrected chi connectivity index (χ4v) is 3.48. The Morgan fingerprint density at radius 2 is 1.44 bits per heavy atom. The number of nitrogens with zero attached hydrogens (tertiary/aromatic N) is 1.